The first-order valence-corrected chi connectivity index (χ1v) is 29.3. The fraction of sp³-hybridized carbons (Fsp3) is 0.949. The van der Waals surface area contributed by atoms with Crippen molar-refractivity contribution in [2.45, 2.75) is 336 Å². The monoisotopic (exact) mass is 919 g/mol. The van der Waals surface area contributed by atoms with Gasteiger partial charge in [-0.2, -0.15) is 0 Å². The third kappa shape index (κ3) is 51.6. The maximum atomic E-state index is 12.8. The van der Waals surface area contributed by atoms with E-state index in [9.17, 15) is 14.4 Å². The summed E-state index contributed by atoms with van der Waals surface area (Å²) in [5.41, 5.74) is 0. The molecule has 0 aliphatic rings. The van der Waals surface area contributed by atoms with E-state index in [1.165, 1.54) is 218 Å². The third-order valence-electron chi connectivity index (χ3n) is 13.8. The molecule has 0 radical (unpaired) electrons. The lowest BCUT2D eigenvalue weighted by Crippen LogP contribution is -2.30. The minimum absolute atomic E-state index is 0.0630. The summed E-state index contributed by atoms with van der Waals surface area (Å²) in [4.78, 5) is 38.1. The number of esters is 3. The first-order chi connectivity index (χ1) is 31.8. The van der Waals surface area contributed by atoms with Gasteiger partial charge in [0.15, 0.2) is 6.10 Å². The van der Waals surface area contributed by atoms with Crippen LogP contribution in [0.2, 0.25) is 0 Å². The predicted molar refractivity (Wildman–Crippen MR) is 280 cm³/mol. The number of ether oxygens (including phenoxy) is 3. The molecule has 65 heavy (non-hydrogen) atoms. The highest BCUT2D eigenvalue weighted by atomic mass is 16.6. The van der Waals surface area contributed by atoms with Crippen LogP contribution in [0.4, 0.5) is 0 Å². The van der Waals surface area contributed by atoms with Crippen molar-refractivity contribution in [1.29, 1.82) is 0 Å². The summed E-state index contributed by atoms with van der Waals surface area (Å²) in [6.45, 7) is 11.4. The van der Waals surface area contributed by atoms with E-state index in [1.54, 1.807) is 0 Å². The highest BCUT2D eigenvalue weighted by molar-refractivity contribution is 5.71. The van der Waals surface area contributed by atoms with Crippen molar-refractivity contribution in [2.24, 2.45) is 11.8 Å². The summed E-state index contributed by atoms with van der Waals surface area (Å²) in [7, 11) is 0. The van der Waals surface area contributed by atoms with E-state index in [-0.39, 0.29) is 31.1 Å². The Hall–Kier alpha value is -1.59. The van der Waals surface area contributed by atoms with Crippen LogP contribution in [-0.2, 0) is 28.6 Å². The molecular formula is C59H114O6. The molecule has 2 atom stereocenters. The van der Waals surface area contributed by atoms with Gasteiger partial charge in [0.2, 0.25) is 0 Å². The molecule has 0 rings (SSSR count). The van der Waals surface area contributed by atoms with Crippen LogP contribution in [0.3, 0.4) is 0 Å². The molecule has 0 heterocycles. The van der Waals surface area contributed by atoms with Crippen LogP contribution in [0.15, 0.2) is 0 Å². The summed E-state index contributed by atoms with van der Waals surface area (Å²) in [6, 6.07) is 0. The molecule has 386 valence electrons. The molecule has 0 aliphatic heterocycles. The van der Waals surface area contributed by atoms with Gasteiger partial charge < -0.3 is 14.2 Å². The zero-order chi connectivity index (χ0) is 47.5. The van der Waals surface area contributed by atoms with Crippen molar-refractivity contribution >= 4 is 17.9 Å². The van der Waals surface area contributed by atoms with Crippen LogP contribution in [0.25, 0.3) is 0 Å². The van der Waals surface area contributed by atoms with Crippen molar-refractivity contribution in [3.05, 3.63) is 0 Å². The Labute approximate surface area is 406 Å². The molecule has 0 spiro atoms. The normalized spacial score (nSPS) is 12.5. The second-order valence-corrected chi connectivity index (χ2v) is 21.0. The van der Waals surface area contributed by atoms with Crippen molar-refractivity contribution < 1.29 is 28.6 Å². The van der Waals surface area contributed by atoms with E-state index in [0.717, 1.165) is 69.6 Å². The van der Waals surface area contributed by atoms with Crippen LogP contribution in [-0.4, -0.2) is 37.2 Å². The van der Waals surface area contributed by atoms with E-state index in [1.807, 2.05) is 0 Å². The van der Waals surface area contributed by atoms with Crippen LogP contribution in [0.1, 0.15) is 330 Å². The topological polar surface area (TPSA) is 78.9 Å². The Morgan fingerprint density at radius 1 is 0.323 bits per heavy atom. The largest absolute Gasteiger partial charge is 0.462 e. The molecule has 0 bridgehead atoms. The summed E-state index contributed by atoms with van der Waals surface area (Å²) in [5, 5.41) is 0. The number of hydrogen-bond acceptors (Lipinski definition) is 6. The Morgan fingerprint density at radius 3 is 0.877 bits per heavy atom. The first kappa shape index (κ1) is 63.4. The van der Waals surface area contributed by atoms with Gasteiger partial charge in [0.1, 0.15) is 13.2 Å². The lowest BCUT2D eigenvalue weighted by Gasteiger charge is -2.18. The number of rotatable bonds is 53. The van der Waals surface area contributed by atoms with Gasteiger partial charge in [-0.1, -0.05) is 291 Å². The van der Waals surface area contributed by atoms with Crippen LogP contribution in [0, 0.1) is 11.8 Å². The molecular weight excluding hydrogens is 805 g/mol. The fourth-order valence-corrected chi connectivity index (χ4v) is 9.02. The highest BCUT2D eigenvalue weighted by Crippen LogP contribution is 2.19. The maximum Gasteiger partial charge on any atom is 0.306 e. The Balaban J connectivity index is 4.20. The molecule has 0 aromatic heterocycles. The summed E-state index contributed by atoms with van der Waals surface area (Å²) in [6.07, 6.45) is 55.3. The first-order valence-electron chi connectivity index (χ1n) is 29.3. The van der Waals surface area contributed by atoms with Crippen LogP contribution in [0.5, 0.6) is 0 Å². The molecule has 1 unspecified atom stereocenters. The van der Waals surface area contributed by atoms with Gasteiger partial charge in [0, 0.05) is 19.3 Å². The van der Waals surface area contributed by atoms with Crippen LogP contribution < -0.4 is 0 Å². The molecule has 0 saturated carbocycles. The summed E-state index contributed by atoms with van der Waals surface area (Å²) < 4.78 is 16.9. The minimum Gasteiger partial charge on any atom is -0.462 e. The van der Waals surface area contributed by atoms with Crippen molar-refractivity contribution in [3.63, 3.8) is 0 Å². The standard InChI is InChI=1S/C59H114O6/c1-6-8-9-10-11-12-13-14-22-26-29-36-41-46-51-59(62)65-56(53-64-58(61)50-45-40-35-31-30-32-37-42-47-54(3)4)52-63-57(60)49-44-39-34-28-25-23-20-18-16-15-17-19-21-24-27-33-38-43-48-55(5)7-2/h54-56H,6-53H2,1-5H3/t55?,56-/m0/s1. The van der Waals surface area contributed by atoms with E-state index < -0.39 is 6.10 Å². The molecule has 0 saturated heterocycles. The Kier molecular flexibility index (Phi) is 50.5. The molecule has 0 N–H and O–H groups in total. The molecule has 0 fully saturated rings. The second kappa shape index (κ2) is 51.8. The fourth-order valence-electron chi connectivity index (χ4n) is 9.02. The molecule has 0 aromatic carbocycles. The van der Waals surface area contributed by atoms with Gasteiger partial charge in [-0.05, 0) is 31.1 Å². The van der Waals surface area contributed by atoms with Gasteiger partial charge >= 0.3 is 17.9 Å². The van der Waals surface area contributed by atoms with Gasteiger partial charge in [-0.25, -0.2) is 0 Å². The van der Waals surface area contributed by atoms with Gasteiger partial charge in [0.25, 0.3) is 0 Å². The summed E-state index contributed by atoms with van der Waals surface area (Å²) in [5.74, 6) is 0.865. The number of hydrogen-bond donors (Lipinski definition) is 0. The van der Waals surface area contributed by atoms with Crippen molar-refractivity contribution in [2.75, 3.05) is 13.2 Å². The van der Waals surface area contributed by atoms with Crippen molar-refractivity contribution in [3.8, 4) is 0 Å². The van der Waals surface area contributed by atoms with E-state index in [2.05, 4.69) is 34.6 Å². The maximum absolute atomic E-state index is 12.8. The Morgan fingerprint density at radius 2 is 0.585 bits per heavy atom. The zero-order valence-corrected chi connectivity index (χ0v) is 44.6. The SMILES string of the molecule is CCCCCCCCCCCCCCCCC(=O)O[C@@H](COC(=O)CCCCCCCCCCCCCCCCCCCCC(C)CC)COC(=O)CCCCCCCCCCC(C)C. The Bertz CT molecular complexity index is 995. The molecule has 6 nitrogen and oxygen atoms in total. The third-order valence-corrected chi connectivity index (χ3v) is 13.8. The smallest absolute Gasteiger partial charge is 0.306 e. The highest BCUT2D eigenvalue weighted by Gasteiger charge is 2.19. The lowest BCUT2D eigenvalue weighted by molar-refractivity contribution is -0.167. The average Bonchev–Trinajstić information content (AvgIpc) is 3.29. The molecule has 0 aliphatic carbocycles. The van der Waals surface area contributed by atoms with Gasteiger partial charge in [0.05, 0.1) is 0 Å². The average molecular weight is 920 g/mol. The predicted octanol–water partition coefficient (Wildman–Crippen LogP) is 19.3. The molecule has 0 amide bonds. The minimum atomic E-state index is -0.762. The molecule has 0 aromatic rings. The lowest BCUT2D eigenvalue weighted by atomic mass is 9.99. The number of carbonyl (C=O) groups is 3. The quantitative estimate of drug-likeness (QED) is 0.0344. The van der Waals surface area contributed by atoms with Gasteiger partial charge in [-0.15, -0.1) is 0 Å². The van der Waals surface area contributed by atoms with Crippen LogP contribution >= 0.6 is 0 Å². The van der Waals surface area contributed by atoms with E-state index >= 15 is 0 Å². The van der Waals surface area contributed by atoms with E-state index in [4.69, 9.17) is 14.2 Å². The summed E-state index contributed by atoms with van der Waals surface area (Å²) >= 11 is 0. The second-order valence-electron chi connectivity index (χ2n) is 21.0. The van der Waals surface area contributed by atoms with E-state index in [0.29, 0.717) is 19.3 Å². The zero-order valence-electron chi connectivity index (χ0n) is 44.6. The molecule has 6 heteroatoms. The van der Waals surface area contributed by atoms with Crippen molar-refractivity contribution in [1.82, 2.24) is 0 Å². The number of carbonyl (C=O) groups excluding carboxylic acids is 3. The number of unbranched alkanes of at least 4 members (excludes halogenated alkanes) is 37. The van der Waals surface area contributed by atoms with Gasteiger partial charge in [-0.3, -0.25) is 14.4 Å².